The summed E-state index contributed by atoms with van der Waals surface area (Å²) in [4.78, 5) is 16.8. The summed E-state index contributed by atoms with van der Waals surface area (Å²) in [7, 11) is 0. The van der Waals surface area contributed by atoms with E-state index >= 15 is 0 Å². The standard InChI is InChI=1S/C21H18F4N2O3/c1-12-16-17(21(23,24)25)30-19(26-18(28)13-7-3-2-4-8-13)27-20(16,11-29-12)14-9-5-6-10-15(14)22/h2-10,12,16-17H,11H2,1H3,(H,26,27,28)/t12-,16+,17+,20-/m1/s1. The number of halogens is 4. The van der Waals surface area contributed by atoms with Crippen molar-refractivity contribution >= 4 is 11.9 Å². The maximum atomic E-state index is 14.7. The second-order valence-electron chi connectivity index (χ2n) is 7.26. The van der Waals surface area contributed by atoms with E-state index in [2.05, 4.69) is 10.3 Å². The van der Waals surface area contributed by atoms with Gasteiger partial charge in [-0.15, -0.1) is 0 Å². The Morgan fingerprint density at radius 2 is 1.80 bits per heavy atom. The highest BCUT2D eigenvalue weighted by Gasteiger charge is 2.64. The van der Waals surface area contributed by atoms with Crippen molar-refractivity contribution in [2.45, 2.75) is 30.8 Å². The predicted octanol–water partition coefficient (Wildman–Crippen LogP) is 3.80. The number of amidine groups is 1. The van der Waals surface area contributed by atoms with Gasteiger partial charge in [-0.25, -0.2) is 9.38 Å². The van der Waals surface area contributed by atoms with Gasteiger partial charge in [0.2, 0.25) is 6.10 Å². The molecule has 5 nitrogen and oxygen atoms in total. The molecular formula is C21H18F4N2O3. The molecule has 0 aliphatic carbocycles. The third kappa shape index (κ3) is 3.43. The molecular weight excluding hydrogens is 404 g/mol. The number of ether oxygens (including phenoxy) is 2. The first-order chi connectivity index (χ1) is 14.2. The molecule has 2 heterocycles. The number of fused-ring (bicyclic) bond motifs is 1. The number of alkyl halides is 3. The maximum absolute atomic E-state index is 14.7. The van der Waals surface area contributed by atoms with E-state index in [-0.39, 0.29) is 17.7 Å². The molecule has 1 amide bonds. The number of carbonyl (C=O) groups excluding carboxylic acids is 1. The molecule has 4 rings (SSSR count). The lowest BCUT2D eigenvalue weighted by molar-refractivity contribution is -0.227. The van der Waals surface area contributed by atoms with Crippen LogP contribution in [0.4, 0.5) is 17.6 Å². The predicted molar refractivity (Wildman–Crippen MR) is 99.3 cm³/mol. The summed E-state index contributed by atoms with van der Waals surface area (Å²) in [6.07, 6.45) is -8.02. The van der Waals surface area contributed by atoms with Crippen molar-refractivity contribution in [3.8, 4) is 0 Å². The molecule has 0 spiro atoms. The molecule has 1 saturated heterocycles. The van der Waals surface area contributed by atoms with E-state index in [4.69, 9.17) is 9.47 Å². The molecule has 4 atom stereocenters. The normalized spacial score (nSPS) is 28.3. The first-order valence-corrected chi connectivity index (χ1v) is 9.28. The summed E-state index contributed by atoms with van der Waals surface area (Å²) in [5, 5.41) is 2.29. The third-order valence-corrected chi connectivity index (χ3v) is 5.41. The zero-order valence-electron chi connectivity index (χ0n) is 15.8. The molecule has 0 bridgehead atoms. The highest BCUT2D eigenvalue weighted by molar-refractivity contribution is 6.04. The Kier molecular flexibility index (Phi) is 5.01. The first-order valence-electron chi connectivity index (χ1n) is 9.28. The zero-order valence-corrected chi connectivity index (χ0v) is 15.8. The summed E-state index contributed by atoms with van der Waals surface area (Å²) in [5.41, 5.74) is -1.52. The van der Waals surface area contributed by atoms with Crippen LogP contribution in [0.2, 0.25) is 0 Å². The SMILES string of the molecule is C[C@H]1OC[C@]2(c3ccccc3F)N=C(NC(=O)c3ccccc3)O[C@H](C(F)(F)F)[C@H]12. The first kappa shape index (κ1) is 20.3. The number of nitrogens with one attached hydrogen (secondary N) is 1. The Bertz CT molecular complexity index is 980. The lowest BCUT2D eigenvalue weighted by Crippen LogP contribution is -2.56. The van der Waals surface area contributed by atoms with Crippen LogP contribution in [-0.4, -0.2) is 36.9 Å². The van der Waals surface area contributed by atoms with Gasteiger partial charge in [-0.2, -0.15) is 13.2 Å². The topological polar surface area (TPSA) is 59.9 Å². The average molecular weight is 422 g/mol. The Hall–Kier alpha value is -2.94. The summed E-state index contributed by atoms with van der Waals surface area (Å²) in [6.45, 7) is 1.19. The number of nitrogens with zero attached hydrogens (tertiary/aromatic N) is 1. The number of carbonyl (C=O) groups is 1. The molecule has 158 valence electrons. The van der Waals surface area contributed by atoms with Crippen LogP contribution >= 0.6 is 0 Å². The summed E-state index contributed by atoms with van der Waals surface area (Å²) in [6, 6.07) is 12.8. The van der Waals surface area contributed by atoms with Crippen LogP contribution in [0.5, 0.6) is 0 Å². The lowest BCUT2D eigenvalue weighted by Gasteiger charge is -2.41. The van der Waals surface area contributed by atoms with Crippen molar-refractivity contribution in [3.63, 3.8) is 0 Å². The molecule has 2 aromatic rings. The number of hydrogen-bond acceptors (Lipinski definition) is 4. The van der Waals surface area contributed by atoms with Gasteiger partial charge >= 0.3 is 6.18 Å². The molecule has 30 heavy (non-hydrogen) atoms. The zero-order chi connectivity index (χ0) is 21.5. The molecule has 2 aliphatic rings. The van der Waals surface area contributed by atoms with Crippen LogP contribution in [0.25, 0.3) is 0 Å². The van der Waals surface area contributed by atoms with E-state index in [1.54, 1.807) is 18.2 Å². The van der Waals surface area contributed by atoms with Crippen molar-refractivity contribution in [2.24, 2.45) is 10.9 Å². The second kappa shape index (κ2) is 7.39. The fourth-order valence-electron chi connectivity index (χ4n) is 4.07. The smallest absolute Gasteiger partial charge is 0.426 e. The monoisotopic (exact) mass is 422 g/mol. The van der Waals surface area contributed by atoms with Gasteiger partial charge in [-0.1, -0.05) is 36.4 Å². The van der Waals surface area contributed by atoms with E-state index in [9.17, 15) is 22.4 Å². The highest BCUT2D eigenvalue weighted by atomic mass is 19.4. The molecule has 1 N–H and O–H groups in total. The minimum Gasteiger partial charge on any atom is -0.451 e. The average Bonchev–Trinajstić information content (AvgIpc) is 3.05. The third-order valence-electron chi connectivity index (χ3n) is 5.41. The van der Waals surface area contributed by atoms with E-state index in [1.807, 2.05) is 0 Å². The van der Waals surface area contributed by atoms with Crippen molar-refractivity contribution < 1.29 is 31.8 Å². The maximum Gasteiger partial charge on any atom is 0.426 e. The number of hydrogen-bond donors (Lipinski definition) is 1. The summed E-state index contributed by atoms with van der Waals surface area (Å²) in [5.74, 6) is -2.73. The number of rotatable bonds is 2. The van der Waals surface area contributed by atoms with Gasteiger partial charge in [0.25, 0.3) is 11.9 Å². The number of benzene rings is 2. The van der Waals surface area contributed by atoms with Gasteiger partial charge in [0.1, 0.15) is 11.4 Å². The van der Waals surface area contributed by atoms with E-state index in [1.165, 1.54) is 37.3 Å². The van der Waals surface area contributed by atoms with Gasteiger partial charge in [0, 0.05) is 11.1 Å². The Morgan fingerprint density at radius 3 is 2.47 bits per heavy atom. The fraction of sp³-hybridized carbons (Fsp3) is 0.333. The van der Waals surface area contributed by atoms with Crippen molar-refractivity contribution in [3.05, 3.63) is 71.5 Å². The van der Waals surface area contributed by atoms with Crippen molar-refractivity contribution in [1.82, 2.24) is 5.32 Å². The van der Waals surface area contributed by atoms with E-state index in [0.29, 0.717) is 0 Å². The number of amides is 1. The molecule has 2 aromatic carbocycles. The van der Waals surface area contributed by atoms with Crippen LogP contribution in [0.15, 0.2) is 59.6 Å². The Labute approximate surface area is 169 Å². The largest absolute Gasteiger partial charge is 0.451 e. The van der Waals surface area contributed by atoms with Crippen molar-refractivity contribution in [1.29, 1.82) is 0 Å². The highest BCUT2D eigenvalue weighted by Crippen LogP contribution is 2.51. The molecule has 0 unspecified atom stereocenters. The van der Waals surface area contributed by atoms with Crippen LogP contribution < -0.4 is 5.32 Å². The Balaban J connectivity index is 1.81. The fourth-order valence-corrected chi connectivity index (χ4v) is 4.07. The minimum atomic E-state index is -4.79. The summed E-state index contributed by atoms with van der Waals surface area (Å²) >= 11 is 0. The van der Waals surface area contributed by atoms with Gasteiger partial charge < -0.3 is 9.47 Å². The van der Waals surface area contributed by atoms with E-state index in [0.717, 1.165) is 6.07 Å². The summed E-state index contributed by atoms with van der Waals surface area (Å²) < 4.78 is 67.1. The quantitative estimate of drug-likeness (QED) is 0.749. The second-order valence-corrected chi connectivity index (χ2v) is 7.26. The van der Waals surface area contributed by atoms with Crippen LogP contribution in [0, 0.1) is 11.7 Å². The Morgan fingerprint density at radius 1 is 1.13 bits per heavy atom. The van der Waals surface area contributed by atoms with Gasteiger partial charge in [-0.05, 0) is 25.1 Å². The molecule has 9 heteroatoms. The van der Waals surface area contributed by atoms with Crippen molar-refractivity contribution in [2.75, 3.05) is 6.61 Å². The molecule has 1 fully saturated rings. The molecule has 0 aromatic heterocycles. The molecule has 2 aliphatic heterocycles. The molecule has 0 saturated carbocycles. The number of aliphatic imine (C=N–C) groups is 1. The van der Waals surface area contributed by atoms with E-state index < -0.39 is 47.6 Å². The van der Waals surface area contributed by atoms with Gasteiger partial charge in [0.15, 0.2) is 0 Å². The lowest BCUT2D eigenvalue weighted by atomic mass is 9.74. The van der Waals surface area contributed by atoms with Crippen LogP contribution in [-0.2, 0) is 15.0 Å². The van der Waals surface area contributed by atoms with Gasteiger partial charge in [0.05, 0.1) is 18.6 Å². The molecule has 0 radical (unpaired) electrons. The van der Waals surface area contributed by atoms with Crippen LogP contribution in [0.1, 0.15) is 22.8 Å². The minimum absolute atomic E-state index is 0.0386. The van der Waals surface area contributed by atoms with Crippen LogP contribution in [0.3, 0.4) is 0 Å². The van der Waals surface area contributed by atoms with Gasteiger partial charge in [-0.3, -0.25) is 10.1 Å².